The average molecular weight is 493 g/mol. The Morgan fingerprint density at radius 1 is 0.432 bits per heavy atom. The van der Waals surface area contributed by atoms with E-state index in [9.17, 15) is 0 Å². The van der Waals surface area contributed by atoms with Gasteiger partial charge in [0.15, 0.2) is 0 Å². The maximum Gasteiger partial charge on any atom is -0.00254 e. The quantitative estimate of drug-likeness (QED) is 0.251. The number of hydrogen-bond acceptors (Lipinski definition) is 0. The van der Waals surface area contributed by atoms with Crippen molar-refractivity contribution in [3.8, 4) is 0 Å². The van der Waals surface area contributed by atoms with E-state index < -0.39 is 0 Å². The van der Waals surface area contributed by atoms with Gasteiger partial charge in [0.1, 0.15) is 0 Å². The van der Waals surface area contributed by atoms with Gasteiger partial charge in [-0.1, -0.05) is 105 Å². The van der Waals surface area contributed by atoms with Gasteiger partial charge in [-0.2, -0.15) is 0 Å². The van der Waals surface area contributed by atoms with Crippen LogP contribution in [0.4, 0.5) is 0 Å². The smallest absolute Gasteiger partial charge is 0.00254 e. The van der Waals surface area contributed by atoms with E-state index in [4.69, 9.17) is 0 Å². The van der Waals surface area contributed by atoms with E-state index in [1.54, 1.807) is 0 Å². The standard InChI is InChI=1S/C21H28.C15H16.CH4/c1-7-20-12-18(9-14(3)16(20)5)11-19-10-15(4)17(6)21(8-2)13-19;1-12-3-7-14(8-4-12)11-15-9-5-13(2)6-10-15;/h9-10,12-13H,7-8,11H2,1-6H3;3-10H,11H2,1-2H3;1H4. The first-order valence-corrected chi connectivity index (χ1v) is 13.5. The summed E-state index contributed by atoms with van der Waals surface area (Å²) in [5.41, 5.74) is 17.0. The molecule has 0 aliphatic rings. The van der Waals surface area contributed by atoms with Crippen LogP contribution in [0.5, 0.6) is 0 Å². The molecule has 4 rings (SSSR count). The van der Waals surface area contributed by atoms with Crippen LogP contribution >= 0.6 is 0 Å². The summed E-state index contributed by atoms with van der Waals surface area (Å²) in [5.74, 6) is 0. The highest BCUT2D eigenvalue weighted by Gasteiger charge is 2.07. The second-order valence-electron chi connectivity index (χ2n) is 10.4. The predicted octanol–water partition coefficient (Wildman–Crippen LogP) is 10.2. The molecule has 0 fully saturated rings. The summed E-state index contributed by atoms with van der Waals surface area (Å²) in [4.78, 5) is 0. The zero-order valence-electron chi connectivity index (χ0n) is 23.8. The van der Waals surface area contributed by atoms with Crippen LogP contribution in [0.2, 0.25) is 0 Å². The summed E-state index contributed by atoms with van der Waals surface area (Å²) in [6.07, 6.45) is 4.31. The predicted molar refractivity (Wildman–Crippen MR) is 165 cm³/mol. The third-order valence-corrected chi connectivity index (χ3v) is 7.49. The fraction of sp³-hybridized carbons (Fsp3) is 0.351. The van der Waals surface area contributed by atoms with Crippen LogP contribution in [-0.4, -0.2) is 0 Å². The molecule has 0 radical (unpaired) electrons. The molecule has 0 amide bonds. The first-order chi connectivity index (χ1) is 17.2. The molecule has 0 heteroatoms. The molecule has 0 heterocycles. The molecule has 4 aromatic rings. The van der Waals surface area contributed by atoms with Gasteiger partial charge in [0.2, 0.25) is 0 Å². The molecule has 196 valence electrons. The molecule has 4 aromatic carbocycles. The molecule has 0 aliphatic heterocycles. The molecule has 0 saturated heterocycles. The Morgan fingerprint density at radius 2 is 0.757 bits per heavy atom. The normalized spacial score (nSPS) is 10.4. The van der Waals surface area contributed by atoms with Crippen molar-refractivity contribution in [2.45, 2.75) is 88.5 Å². The van der Waals surface area contributed by atoms with Gasteiger partial charge in [0.25, 0.3) is 0 Å². The van der Waals surface area contributed by atoms with Crippen LogP contribution < -0.4 is 0 Å². The molecule has 0 nitrogen and oxygen atoms in total. The first-order valence-electron chi connectivity index (χ1n) is 13.5. The fourth-order valence-electron chi connectivity index (χ4n) is 4.85. The van der Waals surface area contributed by atoms with Crippen molar-refractivity contribution in [1.29, 1.82) is 0 Å². The molecule has 0 bridgehead atoms. The van der Waals surface area contributed by atoms with Gasteiger partial charge >= 0.3 is 0 Å². The minimum Gasteiger partial charge on any atom is -0.0776 e. The first kappa shape index (κ1) is 30.1. The van der Waals surface area contributed by atoms with E-state index in [2.05, 4.69) is 128 Å². The third-order valence-electron chi connectivity index (χ3n) is 7.49. The van der Waals surface area contributed by atoms with E-state index in [-0.39, 0.29) is 7.43 Å². The Balaban J connectivity index is 0.000000266. The zero-order valence-corrected chi connectivity index (χ0v) is 23.8. The molecule has 0 atom stereocenters. The van der Waals surface area contributed by atoms with E-state index >= 15 is 0 Å². The molecule has 0 aromatic heterocycles. The lowest BCUT2D eigenvalue weighted by Gasteiger charge is -2.14. The van der Waals surface area contributed by atoms with Crippen LogP contribution in [0.1, 0.15) is 88.0 Å². The van der Waals surface area contributed by atoms with Crippen molar-refractivity contribution < 1.29 is 0 Å². The lowest BCUT2D eigenvalue weighted by molar-refractivity contribution is 1.04. The monoisotopic (exact) mass is 492 g/mol. The number of hydrogen-bond donors (Lipinski definition) is 0. The number of aryl methyl sites for hydroxylation is 6. The average Bonchev–Trinajstić information content (AvgIpc) is 2.86. The molecule has 0 saturated carbocycles. The van der Waals surface area contributed by atoms with Crippen molar-refractivity contribution in [2.24, 2.45) is 0 Å². The Hall–Kier alpha value is -3.12. The summed E-state index contributed by atoms with van der Waals surface area (Å²) in [6, 6.07) is 27.0. The molecule has 0 spiro atoms. The van der Waals surface area contributed by atoms with Gasteiger partial charge in [-0.15, -0.1) is 0 Å². The van der Waals surface area contributed by atoms with Crippen molar-refractivity contribution in [3.63, 3.8) is 0 Å². The highest BCUT2D eigenvalue weighted by molar-refractivity contribution is 5.43. The lowest BCUT2D eigenvalue weighted by Crippen LogP contribution is -1.99. The highest BCUT2D eigenvalue weighted by atomic mass is 14.1. The Bertz CT molecular complexity index is 1170. The number of benzene rings is 4. The topological polar surface area (TPSA) is 0 Å². The summed E-state index contributed by atoms with van der Waals surface area (Å²) in [6.45, 7) is 17.7. The minimum absolute atomic E-state index is 0. The lowest BCUT2D eigenvalue weighted by atomic mass is 9.92. The number of rotatable bonds is 6. The van der Waals surface area contributed by atoms with Crippen molar-refractivity contribution in [2.75, 3.05) is 0 Å². The largest absolute Gasteiger partial charge is 0.0776 e. The van der Waals surface area contributed by atoms with Crippen LogP contribution in [0.15, 0.2) is 72.8 Å². The van der Waals surface area contributed by atoms with Crippen molar-refractivity contribution in [1.82, 2.24) is 0 Å². The maximum atomic E-state index is 2.39. The molecule has 0 aliphatic carbocycles. The van der Waals surface area contributed by atoms with E-state index in [1.165, 1.54) is 66.8 Å². The second kappa shape index (κ2) is 14.0. The molecule has 0 unspecified atom stereocenters. The van der Waals surface area contributed by atoms with Gasteiger partial charge in [-0.05, 0) is 123 Å². The minimum atomic E-state index is 0. The second-order valence-corrected chi connectivity index (χ2v) is 10.4. The van der Waals surface area contributed by atoms with Gasteiger partial charge < -0.3 is 0 Å². The maximum absolute atomic E-state index is 2.39. The molecular weight excluding hydrogens is 444 g/mol. The van der Waals surface area contributed by atoms with Gasteiger partial charge in [0.05, 0.1) is 0 Å². The Kier molecular flexibility index (Phi) is 11.4. The summed E-state index contributed by atoms with van der Waals surface area (Å²) in [5, 5.41) is 0. The third kappa shape index (κ3) is 8.46. The molecular formula is C37H48. The Morgan fingerprint density at radius 3 is 1.08 bits per heavy atom. The van der Waals surface area contributed by atoms with E-state index in [0.29, 0.717) is 0 Å². The van der Waals surface area contributed by atoms with E-state index in [0.717, 1.165) is 25.7 Å². The highest BCUT2D eigenvalue weighted by Crippen LogP contribution is 2.23. The Labute approximate surface area is 227 Å². The molecule has 37 heavy (non-hydrogen) atoms. The summed E-state index contributed by atoms with van der Waals surface area (Å²) in [7, 11) is 0. The molecule has 0 N–H and O–H groups in total. The van der Waals surface area contributed by atoms with Crippen LogP contribution in [0, 0.1) is 41.5 Å². The van der Waals surface area contributed by atoms with Crippen molar-refractivity contribution in [3.05, 3.63) is 140 Å². The van der Waals surface area contributed by atoms with Crippen LogP contribution in [-0.2, 0) is 25.7 Å². The SMILES string of the molecule is C.CCc1cc(Cc2cc(C)c(C)c(CC)c2)cc(C)c1C.Cc1ccc(Cc2ccc(C)cc2)cc1. The van der Waals surface area contributed by atoms with Crippen LogP contribution in [0.3, 0.4) is 0 Å². The van der Waals surface area contributed by atoms with Crippen LogP contribution in [0.25, 0.3) is 0 Å². The van der Waals surface area contributed by atoms with Crippen molar-refractivity contribution >= 4 is 0 Å². The van der Waals surface area contributed by atoms with Gasteiger partial charge in [-0.25, -0.2) is 0 Å². The van der Waals surface area contributed by atoms with Gasteiger partial charge in [-0.3, -0.25) is 0 Å². The van der Waals surface area contributed by atoms with E-state index in [1.807, 2.05) is 0 Å². The summed E-state index contributed by atoms with van der Waals surface area (Å²) >= 11 is 0. The fourth-order valence-corrected chi connectivity index (χ4v) is 4.85. The summed E-state index contributed by atoms with van der Waals surface area (Å²) < 4.78 is 0. The zero-order chi connectivity index (χ0) is 26.2. The van der Waals surface area contributed by atoms with Gasteiger partial charge in [0, 0.05) is 0 Å².